The maximum Gasteiger partial charge on any atom is 0.120 e. The molecule has 110 valence electrons. The van der Waals surface area contributed by atoms with Crippen LogP contribution in [0, 0.1) is 0 Å². The fourth-order valence-electron chi connectivity index (χ4n) is 2.15. The third-order valence-electron chi connectivity index (χ3n) is 3.33. The van der Waals surface area contributed by atoms with Gasteiger partial charge in [0.2, 0.25) is 0 Å². The molecule has 0 amide bonds. The molecule has 0 unspecified atom stereocenters. The van der Waals surface area contributed by atoms with Crippen LogP contribution in [0.5, 0.6) is 11.5 Å². The minimum absolute atomic E-state index is 0.874. The Morgan fingerprint density at radius 1 is 0.952 bits per heavy atom. The Labute approximate surface area is 130 Å². The van der Waals surface area contributed by atoms with Crippen LogP contribution in [0.25, 0.3) is 11.6 Å². The fraction of sp³-hybridized carbons (Fsp3) is 0.222. The van der Waals surface area contributed by atoms with Crippen LogP contribution in [0.1, 0.15) is 18.1 Å². The van der Waals surface area contributed by atoms with Gasteiger partial charge in [-0.3, -0.25) is 0 Å². The van der Waals surface area contributed by atoms with E-state index < -0.39 is 0 Å². The molecule has 0 N–H and O–H groups in total. The van der Waals surface area contributed by atoms with Gasteiger partial charge in [-0.25, -0.2) is 0 Å². The van der Waals surface area contributed by atoms with Crippen molar-refractivity contribution in [2.45, 2.75) is 11.8 Å². The minimum Gasteiger partial charge on any atom is -0.497 e. The van der Waals surface area contributed by atoms with Gasteiger partial charge in [-0.15, -0.1) is 11.8 Å². The molecular weight excluding hydrogens is 280 g/mol. The Hall–Kier alpha value is -1.87. The van der Waals surface area contributed by atoms with E-state index in [0.717, 1.165) is 17.1 Å². The van der Waals surface area contributed by atoms with E-state index in [1.54, 1.807) is 26.0 Å². The van der Waals surface area contributed by atoms with Crippen molar-refractivity contribution < 1.29 is 9.47 Å². The predicted octanol–water partition coefficient (Wildman–Crippen LogP) is 4.99. The second-order valence-corrected chi connectivity index (χ2v) is 5.51. The molecule has 0 spiro atoms. The molecule has 21 heavy (non-hydrogen) atoms. The standard InChI is InChI=1S/C18H20O2S/c1-13(11-14-5-7-15(19-2)8-6-14)17-10-9-16(20-3)12-18(17)21-4/h5-12H,1-4H3. The van der Waals surface area contributed by atoms with Crippen molar-refractivity contribution in [2.24, 2.45) is 0 Å². The topological polar surface area (TPSA) is 18.5 Å². The summed E-state index contributed by atoms with van der Waals surface area (Å²) < 4.78 is 10.5. The van der Waals surface area contributed by atoms with E-state index in [1.165, 1.54) is 16.0 Å². The maximum atomic E-state index is 5.29. The molecule has 0 radical (unpaired) electrons. The molecule has 0 saturated heterocycles. The lowest BCUT2D eigenvalue weighted by atomic mass is 10.0. The summed E-state index contributed by atoms with van der Waals surface area (Å²) in [6.07, 6.45) is 4.26. The van der Waals surface area contributed by atoms with E-state index in [4.69, 9.17) is 9.47 Å². The smallest absolute Gasteiger partial charge is 0.120 e. The van der Waals surface area contributed by atoms with E-state index in [0.29, 0.717) is 0 Å². The Bertz CT molecular complexity index is 630. The number of allylic oxidation sites excluding steroid dienone is 1. The summed E-state index contributed by atoms with van der Waals surface area (Å²) in [5, 5.41) is 0. The van der Waals surface area contributed by atoms with Crippen LogP contribution in [0.4, 0.5) is 0 Å². The SMILES string of the molecule is COc1ccc(C=C(C)c2ccc(OC)cc2SC)cc1. The third kappa shape index (κ3) is 3.82. The monoisotopic (exact) mass is 300 g/mol. The number of benzene rings is 2. The largest absolute Gasteiger partial charge is 0.497 e. The number of methoxy groups -OCH3 is 2. The van der Waals surface area contributed by atoms with Crippen molar-refractivity contribution >= 4 is 23.4 Å². The van der Waals surface area contributed by atoms with Crippen molar-refractivity contribution in [2.75, 3.05) is 20.5 Å². The molecule has 0 saturated carbocycles. The minimum atomic E-state index is 0.874. The van der Waals surface area contributed by atoms with Crippen molar-refractivity contribution in [1.82, 2.24) is 0 Å². The van der Waals surface area contributed by atoms with Crippen LogP contribution in [0.15, 0.2) is 47.4 Å². The molecule has 0 heterocycles. The van der Waals surface area contributed by atoms with Gasteiger partial charge < -0.3 is 9.47 Å². The van der Waals surface area contributed by atoms with E-state index in [1.807, 2.05) is 18.2 Å². The van der Waals surface area contributed by atoms with Crippen LogP contribution in [0.2, 0.25) is 0 Å². The summed E-state index contributed by atoms with van der Waals surface area (Å²) in [4.78, 5) is 1.22. The number of ether oxygens (including phenoxy) is 2. The molecule has 0 atom stereocenters. The Balaban J connectivity index is 2.33. The third-order valence-corrected chi connectivity index (χ3v) is 4.11. The highest BCUT2D eigenvalue weighted by atomic mass is 32.2. The number of thioether (sulfide) groups is 1. The second-order valence-electron chi connectivity index (χ2n) is 4.67. The van der Waals surface area contributed by atoms with E-state index in [-0.39, 0.29) is 0 Å². The van der Waals surface area contributed by atoms with E-state index in [2.05, 4.69) is 43.5 Å². The zero-order chi connectivity index (χ0) is 15.2. The van der Waals surface area contributed by atoms with Crippen LogP contribution in [-0.4, -0.2) is 20.5 Å². The summed E-state index contributed by atoms with van der Waals surface area (Å²) in [5.41, 5.74) is 3.63. The van der Waals surface area contributed by atoms with Crippen LogP contribution in [0.3, 0.4) is 0 Å². The summed E-state index contributed by atoms with van der Waals surface area (Å²) in [7, 11) is 3.37. The summed E-state index contributed by atoms with van der Waals surface area (Å²) >= 11 is 1.73. The van der Waals surface area contributed by atoms with Crippen molar-refractivity contribution in [3.8, 4) is 11.5 Å². The van der Waals surface area contributed by atoms with E-state index >= 15 is 0 Å². The summed E-state index contributed by atoms with van der Waals surface area (Å²) in [6.45, 7) is 2.13. The first-order chi connectivity index (χ1) is 10.2. The second kappa shape index (κ2) is 7.23. The highest BCUT2D eigenvalue weighted by Gasteiger charge is 2.05. The molecule has 0 fully saturated rings. The molecule has 0 aromatic heterocycles. The van der Waals surface area contributed by atoms with Gasteiger partial charge in [-0.05, 0) is 60.2 Å². The molecule has 2 aromatic rings. The molecular formula is C18H20O2S. The first kappa shape index (κ1) is 15.5. The zero-order valence-corrected chi connectivity index (χ0v) is 13.7. The first-order valence-corrected chi connectivity index (χ1v) is 7.95. The molecule has 0 aliphatic carbocycles. The molecule has 2 aromatic carbocycles. The van der Waals surface area contributed by atoms with Gasteiger partial charge in [-0.1, -0.05) is 18.2 Å². The van der Waals surface area contributed by atoms with Gasteiger partial charge in [0.25, 0.3) is 0 Å². The summed E-state index contributed by atoms with van der Waals surface area (Å²) in [5.74, 6) is 1.76. The average molecular weight is 300 g/mol. The number of hydrogen-bond donors (Lipinski definition) is 0. The highest BCUT2D eigenvalue weighted by molar-refractivity contribution is 7.98. The van der Waals surface area contributed by atoms with Crippen molar-refractivity contribution in [1.29, 1.82) is 0 Å². The normalized spacial score (nSPS) is 11.3. The van der Waals surface area contributed by atoms with Crippen LogP contribution >= 0.6 is 11.8 Å². The van der Waals surface area contributed by atoms with Gasteiger partial charge in [0.1, 0.15) is 11.5 Å². The lowest BCUT2D eigenvalue weighted by Gasteiger charge is -2.10. The molecule has 0 aliphatic rings. The van der Waals surface area contributed by atoms with Crippen LogP contribution < -0.4 is 9.47 Å². The van der Waals surface area contributed by atoms with Crippen LogP contribution in [-0.2, 0) is 0 Å². The first-order valence-electron chi connectivity index (χ1n) is 6.72. The van der Waals surface area contributed by atoms with Gasteiger partial charge in [0.15, 0.2) is 0 Å². The maximum absolute atomic E-state index is 5.29. The van der Waals surface area contributed by atoms with Gasteiger partial charge >= 0.3 is 0 Å². The Morgan fingerprint density at radius 2 is 1.57 bits per heavy atom. The zero-order valence-electron chi connectivity index (χ0n) is 12.8. The number of hydrogen-bond acceptors (Lipinski definition) is 3. The fourth-order valence-corrected chi connectivity index (χ4v) is 2.84. The molecule has 2 nitrogen and oxygen atoms in total. The number of rotatable bonds is 5. The van der Waals surface area contributed by atoms with E-state index in [9.17, 15) is 0 Å². The van der Waals surface area contributed by atoms with Gasteiger partial charge in [0.05, 0.1) is 14.2 Å². The summed E-state index contributed by atoms with van der Waals surface area (Å²) in [6, 6.07) is 14.3. The quantitative estimate of drug-likeness (QED) is 0.573. The van der Waals surface area contributed by atoms with Gasteiger partial charge in [0, 0.05) is 4.90 Å². The van der Waals surface area contributed by atoms with Crippen molar-refractivity contribution in [3.63, 3.8) is 0 Å². The lowest BCUT2D eigenvalue weighted by molar-refractivity contribution is 0.413. The molecule has 3 heteroatoms. The molecule has 0 aliphatic heterocycles. The van der Waals surface area contributed by atoms with Gasteiger partial charge in [-0.2, -0.15) is 0 Å². The Morgan fingerprint density at radius 3 is 2.14 bits per heavy atom. The average Bonchev–Trinajstić information content (AvgIpc) is 2.54. The molecule has 2 rings (SSSR count). The van der Waals surface area contributed by atoms with Crippen molar-refractivity contribution in [3.05, 3.63) is 53.6 Å². The highest BCUT2D eigenvalue weighted by Crippen LogP contribution is 2.31. The Kier molecular flexibility index (Phi) is 5.34. The molecule has 0 bridgehead atoms. The predicted molar refractivity (Wildman–Crippen MR) is 91.3 cm³/mol. The lowest BCUT2D eigenvalue weighted by Crippen LogP contribution is -1.88.